The summed E-state index contributed by atoms with van der Waals surface area (Å²) >= 11 is 0. The first-order valence-electron chi connectivity index (χ1n) is 5.43. The number of unbranched alkanes of at least 4 members (excludes halogenated alkanes) is 1. The summed E-state index contributed by atoms with van der Waals surface area (Å²) in [7, 11) is 1.68. The van der Waals surface area contributed by atoms with E-state index in [0.717, 1.165) is 32.1 Å². The lowest BCUT2D eigenvalue weighted by molar-refractivity contribution is -0.156. The van der Waals surface area contributed by atoms with E-state index >= 15 is 0 Å². The predicted molar refractivity (Wildman–Crippen MR) is 54.1 cm³/mol. The number of rotatable bonds is 6. The van der Waals surface area contributed by atoms with Gasteiger partial charge in [-0.15, -0.1) is 0 Å². The first kappa shape index (κ1) is 11.5. The van der Waals surface area contributed by atoms with Gasteiger partial charge in [0.15, 0.2) is 0 Å². The Morgan fingerprint density at radius 1 is 1.43 bits per heavy atom. The molecule has 0 aromatic rings. The molecular formula is C11H20O3. The van der Waals surface area contributed by atoms with Gasteiger partial charge in [-0.25, -0.2) is 0 Å². The van der Waals surface area contributed by atoms with Crippen molar-refractivity contribution in [3.63, 3.8) is 0 Å². The van der Waals surface area contributed by atoms with Gasteiger partial charge in [0.05, 0.1) is 18.6 Å². The topological polar surface area (TPSA) is 35.5 Å². The molecule has 0 atom stereocenters. The molecular weight excluding hydrogens is 180 g/mol. The highest BCUT2D eigenvalue weighted by molar-refractivity contribution is 5.70. The molecule has 0 bridgehead atoms. The van der Waals surface area contributed by atoms with Gasteiger partial charge in [0.25, 0.3) is 0 Å². The fraction of sp³-hybridized carbons (Fsp3) is 0.909. The van der Waals surface area contributed by atoms with E-state index in [1.807, 2.05) is 0 Å². The van der Waals surface area contributed by atoms with E-state index in [1.165, 1.54) is 0 Å². The van der Waals surface area contributed by atoms with E-state index < -0.39 is 0 Å². The van der Waals surface area contributed by atoms with Crippen LogP contribution in [0.5, 0.6) is 0 Å². The van der Waals surface area contributed by atoms with Crippen molar-refractivity contribution in [3.8, 4) is 0 Å². The summed E-state index contributed by atoms with van der Waals surface area (Å²) < 4.78 is 10.4. The van der Waals surface area contributed by atoms with Gasteiger partial charge >= 0.3 is 5.97 Å². The van der Waals surface area contributed by atoms with Crippen molar-refractivity contribution in [2.24, 2.45) is 0 Å². The molecule has 0 aromatic carbocycles. The molecule has 14 heavy (non-hydrogen) atoms. The van der Waals surface area contributed by atoms with Crippen molar-refractivity contribution in [1.29, 1.82) is 0 Å². The second-order valence-corrected chi connectivity index (χ2v) is 3.99. The van der Waals surface area contributed by atoms with Crippen LogP contribution in [0.3, 0.4) is 0 Å². The van der Waals surface area contributed by atoms with Crippen molar-refractivity contribution in [3.05, 3.63) is 0 Å². The number of esters is 1. The molecule has 0 aliphatic heterocycles. The molecule has 1 saturated carbocycles. The van der Waals surface area contributed by atoms with E-state index in [0.29, 0.717) is 13.0 Å². The molecule has 0 saturated heterocycles. The summed E-state index contributed by atoms with van der Waals surface area (Å²) in [6.45, 7) is 2.63. The van der Waals surface area contributed by atoms with E-state index in [2.05, 4.69) is 6.92 Å². The summed E-state index contributed by atoms with van der Waals surface area (Å²) in [6.07, 6.45) is 5.58. The summed E-state index contributed by atoms with van der Waals surface area (Å²) in [5.74, 6) is -0.111. The fourth-order valence-corrected chi connectivity index (χ4v) is 1.67. The molecule has 0 N–H and O–H groups in total. The van der Waals surface area contributed by atoms with Crippen LogP contribution in [0.1, 0.15) is 45.4 Å². The van der Waals surface area contributed by atoms with Crippen LogP contribution in [0.15, 0.2) is 0 Å². The van der Waals surface area contributed by atoms with Crippen molar-refractivity contribution in [1.82, 2.24) is 0 Å². The van der Waals surface area contributed by atoms with Gasteiger partial charge in [-0.2, -0.15) is 0 Å². The van der Waals surface area contributed by atoms with Crippen LogP contribution in [-0.4, -0.2) is 25.3 Å². The van der Waals surface area contributed by atoms with Crippen molar-refractivity contribution in [2.45, 2.75) is 51.0 Å². The summed E-state index contributed by atoms with van der Waals surface area (Å²) in [4.78, 5) is 11.4. The van der Waals surface area contributed by atoms with E-state index in [-0.39, 0.29) is 11.6 Å². The minimum atomic E-state index is -0.191. The van der Waals surface area contributed by atoms with Gasteiger partial charge < -0.3 is 9.47 Å². The lowest BCUT2D eigenvalue weighted by Gasteiger charge is -2.39. The van der Waals surface area contributed by atoms with Crippen LogP contribution >= 0.6 is 0 Å². The zero-order valence-corrected chi connectivity index (χ0v) is 9.17. The number of carbonyl (C=O) groups is 1. The predicted octanol–water partition coefficient (Wildman–Crippen LogP) is 2.29. The second-order valence-electron chi connectivity index (χ2n) is 3.99. The Balaban J connectivity index is 2.18. The molecule has 1 aliphatic carbocycles. The Morgan fingerprint density at radius 3 is 2.57 bits per heavy atom. The van der Waals surface area contributed by atoms with E-state index in [1.54, 1.807) is 7.11 Å². The molecule has 0 unspecified atom stereocenters. The lowest BCUT2D eigenvalue weighted by atomic mass is 9.77. The maximum Gasteiger partial charge on any atom is 0.308 e. The monoisotopic (exact) mass is 200 g/mol. The first-order valence-corrected chi connectivity index (χ1v) is 5.43. The average Bonchev–Trinajstić information content (AvgIpc) is 2.12. The van der Waals surface area contributed by atoms with Crippen LogP contribution in [0.25, 0.3) is 0 Å². The number of hydrogen-bond donors (Lipinski definition) is 0. The number of ether oxygens (including phenoxy) is 2. The Kier molecular flexibility index (Phi) is 4.39. The largest absolute Gasteiger partial charge is 0.466 e. The van der Waals surface area contributed by atoms with Crippen LogP contribution < -0.4 is 0 Å². The maximum atomic E-state index is 11.4. The SMILES string of the molecule is CCCCOC(=O)CC1(OC)CCC1. The molecule has 3 nitrogen and oxygen atoms in total. The van der Waals surface area contributed by atoms with Crippen molar-refractivity contribution >= 4 is 5.97 Å². The number of hydrogen-bond acceptors (Lipinski definition) is 3. The third-order valence-corrected chi connectivity index (χ3v) is 2.93. The maximum absolute atomic E-state index is 11.4. The minimum absolute atomic E-state index is 0.111. The molecule has 0 radical (unpaired) electrons. The van der Waals surface area contributed by atoms with Gasteiger partial charge in [-0.1, -0.05) is 13.3 Å². The van der Waals surface area contributed by atoms with Gasteiger partial charge in [-0.05, 0) is 25.7 Å². The summed E-state index contributed by atoms with van der Waals surface area (Å²) in [5, 5.41) is 0. The smallest absolute Gasteiger partial charge is 0.308 e. The van der Waals surface area contributed by atoms with Gasteiger partial charge in [0, 0.05) is 7.11 Å². The molecule has 0 amide bonds. The van der Waals surface area contributed by atoms with E-state index in [9.17, 15) is 4.79 Å². The molecule has 0 spiro atoms. The highest BCUT2D eigenvalue weighted by Crippen LogP contribution is 2.38. The second kappa shape index (κ2) is 5.35. The normalized spacial score (nSPS) is 18.7. The minimum Gasteiger partial charge on any atom is -0.466 e. The molecule has 0 aromatic heterocycles. The molecule has 1 fully saturated rings. The van der Waals surface area contributed by atoms with Gasteiger partial charge in [0.1, 0.15) is 0 Å². The Labute approximate surface area is 85.8 Å². The highest BCUT2D eigenvalue weighted by Gasteiger charge is 2.39. The van der Waals surface area contributed by atoms with Gasteiger partial charge in [-0.3, -0.25) is 4.79 Å². The average molecular weight is 200 g/mol. The molecule has 1 aliphatic rings. The van der Waals surface area contributed by atoms with Gasteiger partial charge in [0.2, 0.25) is 0 Å². The first-order chi connectivity index (χ1) is 6.72. The number of carbonyl (C=O) groups excluding carboxylic acids is 1. The quantitative estimate of drug-likeness (QED) is 0.487. The van der Waals surface area contributed by atoms with Crippen LogP contribution in [0.2, 0.25) is 0 Å². The standard InChI is InChI=1S/C11H20O3/c1-3-4-8-14-10(12)9-11(13-2)6-5-7-11/h3-9H2,1-2H3. The summed E-state index contributed by atoms with van der Waals surface area (Å²) in [5.41, 5.74) is -0.191. The lowest BCUT2D eigenvalue weighted by Crippen LogP contribution is -2.41. The number of methoxy groups -OCH3 is 1. The van der Waals surface area contributed by atoms with Crippen LogP contribution in [0.4, 0.5) is 0 Å². The third-order valence-electron chi connectivity index (χ3n) is 2.93. The zero-order valence-electron chi connectivity index (χ0n) is 9.17. The zero-order chi connectivity index (χ0) is 10.4. The Hall–Kier alpha value is -0.570. The molecule has 82 valence electrons. The van der Waals surface area contributed by atoms with E-state index in [4.69, 9.17) is 9.47 Å². The highest BCUT2D eigenvalue weighted by atomic mass is 16.5. The fourth-order valence-electron chi connectivity index (χ4n) is 1.67. The van der Waals surface area contributed by atoms with Crippen molar-refractivity contribution in [2.75, 3.05) is 13.7 Å². The molecule has 0 heterocycles. The summed E-state index contributed by atoms with van der Waals surface area (Å²) in [6, 6.07) is 0. The Morgan fingerprint density at radius 2 is 2.14 bits per heavy atom. The van der Waals surface area contributed by atoms with Crippen molar-refractivity contribution < 1.29 is 14.3 Å². The molecule has 1 rings (SSSR count). The molecule has 3 heteroatoms. The third kappa shape index (κ3) is 2.98. The van der Waals surface area contributed by atoms with Crippen LogP contribution in [0, 0.1) is 0 Å². The Bertz CT molecular complexity index is 179. The van der Waals surface area contributed by atoms with Crippen LogP contribution in [-0.2, 0) is 14.3 Å².